The Labute approximate surface area is 115 Å². The second-order valence-corrected chi connectivity index (χ2v) is 6.42. The van der Waals surface area contributed by atoms with E-state index in [4.69, 9.17) is 0 Å². The van der Waals surface area contributed by atoms with Gasteiger partial charge >= 0.3 is 6.03 Å². The molecule has 1 aliphatic heterocycles. The minimum Gasteiger partial charge on any atom is -0.324 e. The molecule has 1 atom stereocenters. The Bertz CT molecular complexity index is 377. The molecule has 5 nitrogen and oxygen atoms in total. The van der Waals surface area contributed by atoms with E-state index in [1.807, 2.05) is 0 Å². The lowest BCUT2D eigenvalue weighted by atomic mass is 10.1. The number of urea groups is 1. The summed E-state index contributed by atoms with van der Waals surface area (Å²) in [4.78, 5) is 27.4. The summed E-state index contributed by atoms with van der Waals surface area (Å²) in [6.07, 6.45) is 3.52. The van der Waals surface area contributed by atoms with E-state index in [1.54, 1.807) is 13.8 Å². The van der Waals surface area contributed by atoms with Gasteiger partial charge in [-0.1, -0.05) is 0 Å². The van der Waals surface area contributed by atoms with E-state index in [-0.39, 0.29) is 11.9 Å². The fraction of sp³-hybridized carbons (Fsp3) is 0.857. The van der Waals surface area contributed by atoms with Crippen LogP contribution in [0, 0.1) is 5.92 Å². The Morgan fingerprint density at radius 2 is 2.05 bits per heavy atom. The fourth-order valence-corrected chi connectivity index (χ4v) is 2.64. The lowest BCUT2D eigenvalue weighted by Gasteiger charge is -2.25. The first-order valence-corrected chi connectivity index (χ1v) is 7.17. The van der Waals surface area contributed by atoms with Crippen molar-refractivity contribution in [2.45, 2.75) is 51.6 Å². The van der Waals surface area contributed by atoms with Crippen LogP contribution in [0.3, 0.4) is 0 Å². The molecule has 1 saturated carbocycles. The van der Waals surface area contributed by atoms with Crippen molar-refractivity contribution in [2.75, 3.05) is 20.1 Å². The minimum absolute atomic E-state index is 0.115. The monoisotopic (exact) mass is 267 g/mol. The van der Waals surface area contributed by atoms with Crippen LogP contribution in [-0.2, 0) is 4.79 Å². The zero-order valence-electron chi connectivity index (χ0n) is 12.4. The molecule has 0 spiro atoms. The smallest absolute Gasteiger partial charge is 0.324 e. The molecule has 0 unspecified atom stereocenters. The molecule has 2 aliphatic rings. The second kappa shape index (κ2) is 5.12. The molecular weight excluding hydrogens is 242 g/mol. The highest BCUT2D eigenvalue weighted by atomic mass is 16.2. The molecule has 1 N–H and O–H groups in total. The number of hydrogen-bond acceptors (Lipinski definition) is 3. The topological polar surface area (TPSA) is 52.6 Å². The van der Waals surface area contributed by atoms with Gasteiger partial charge in [0.2, 0.25) is 0 Å². The molecular formula is C14H25N3O2. The standard InChI is InChI=1S/C14H25N3O2/c1-10(11-6-7-11)16(4)8-5-9-17-12(18)14(2,3)15-13(17)19/h10-11H,5-9H2,1-4H3,(H,15,19)/t10-/m1/s1. The van der Waals surface area contributed by atoms with Crippen molar-refractivity contribution >= 4 is 11.9 Å². The summed E-state index contributed by atoms with van der Waals surface area (Å²) in [5.41, 5.74) is -0.746. The van der Waals surface area contributed by atoms with E-state index in [9.17, 15) is 9.59 Å². The van der Waals surface area contributed by atoms with E-state index in [0.29, 0.717) is 12.6 Å². The molecule has 3 amide bonds. The van der Waals surface area contributed by atoms with Crippen LogP contribution in [0.1, 0.15) is 40.0 Å². The Balaban J connectivity index is 1.76. The number of rotatable bonds is 6. The van der Waals surface area contributed by atoms with E-state index in [0.717, 1.165) is 18.9 Å². The maximum absolute atomic E-state index is 12.0. The summed E-state index contributed by atoms with van der Waals surface area (Å²) < 4.78 is 0. The molecule has 0 bridgehead atoms. The number of imide groups is 1. The van der Waals surface area contributed by atoms with E-state index in [2.05, 4.69) is 24.2 Å². The highest BCUT2D eigenvalue weighted by Gasteiger charge is 2.43. The largest absolute Gasteiger partial charge is 0.325 e. The molecule has 1 aliphatic carbocycles. The van der Waals surface area contributed by atoms with Crippen LogP contribution in [0.15, 0.2) is 0 Å². The predicted molar refractivity (Wildman–Crippen MR) is 73.8 cm³/mol. The Morgan fingerprint density at radius 3 is 2.53 bits per heavy atom. The first kappa shape index (κ1) is 14.3. The Hall–Kier alpha value is -1.10. The van der Waals surface area contributed by atoms with Gasteiger partial charge in [-0.3, -0.25) is 9.69 Å². The zero-order valence-corrected chi connectivity index (χ0v) is 12.4. The molecule has 0 aromatic rings. The summed E-state index contributed by atoms with van der Waals surface area (Å²) in [5.74, 6) is 0.732. The van der Waals surface area contributed by atoms with Crippen LogP contribution in [-0.4, -0.2) is 53.5 Å². The van der Waals surface area contributed by atoms with Crippen molar-refractivity contribution in [2.24, 2.45) is 5.92 Å². The quantitative estimate of drug-likeness (QED) is 0.741. The van der Waals surface area contributed by atoms with Crippen LogP contribution in [0.25, 0.3) is 0 Å². The van der Waals surface area contributed by atoms with Gasteiger partial charge in [0.1, 0.15) is 5.54 Å². The average molecular weight is 267 g/mol. The maximum atomic E-state index is 12.0. The maximum Gasteiger partial charge on any atom is 0.325 e. The normalized spacial score (nSPS) is 23.9. The first-order chi connectivity index (χ1) is 8.83. The van der Waals surface area contributed by atoms with Gasteiger partial charge in [0, 0.05) is 12.6 Å². The summed E-state index contributed by atoms with van der Waals surface area (Å²) in [5, 5.41) is 2.71. The van der Waals surface area contributed by atoms with Gasteiger partial charge in [0.05, 0.1) is 0 Å². The SMILES string of the molecule is C[C@H](C1CC1)N(C)CCCN1C(=O)NC(C)(C)C1=O. The molecule has 2 fully saturated rings. The molecule has 0 aromatic heterocycles. The van der Waals surface area contributed by atoms with E-state index < -0.39 is 5.54 Å². The Morgan fingerprint density at radius 1 is 1.42 bits per heavy atom. The van der Waals surface area contributed by atoms with E-state index in [1.165, 1.54) is 17.7 Å². The van der Waals surface area contributed by atoms with Crippen LogP contribution < -0.4 is 5.32 Å². The molecule has 108 valence electrons. The Kier molecular flexibility index (Phi) is 3.85. The third-order valence-corrected chi connectivity index (χ3v) is 4.34. The van der Waals surface area contributed by atoms with Crippen LogP contribution >= 0.6 is 0 Å². The second-order valence-electron chi connectivity index (χ2n) is 6.42. The number of nitrogens with one attached hydrogen (secondary N) is 1. The summed E-state index contributed by atoms with van der Waals surface area (Å²) in [7, 11) is 2.12. The van der Waals surface area contributed by atoms with Crippen LogP contribution in [0.5, 0.6) is 0 Å². The first-order valence-electron chi connectivity index (χ1n) is 7.17. The number of hydrogen-bond donors (Lipinski definition) is 1. The van der Waals surface area contributed by atoms with Crippen molar-refractivity contribution in [1.29, 1.82) is 0 Å². The lowest BCUT2D eigenvalue weighted by Crippen LogP contribution is -2.40. The fourth-order valence-electron chi connectivity index (χ4n) is 2.64. The van der Waals surface area contributed by atoms with Gasteiger partial charge in [0.25, 0.3) is 5.91 Å². The molecule has 2 rings (SSSR count). The number of carbonyl (C=O) groups excluding carboxylic acids is 2. The molecule has 0 aromatic carbocycles. The van der Waals surface area contributed by atoms with Gasteiger partial charge in [-0.05, 0) is 59.5 Å². The molecule has 5 heteroatoms. The third-order valence-electron chi connectivity index (χ3n) is 4.34. The molecule has 0 radical (unpaired) electrons. The van der Waals surface area contributed by atoms with Gasteiger partial charge in [-0.25, -0.2) is 4.79 Å². The molecule has 1 saturated heterocycles. The van der Waals surface area contributed by atoms with Gasteiger partial charge in [-0.2, -0.15) is 0 Å². The number of amides is 3. The van der Waals surface area contributed by atoms with Crippen molar-refractivity contribution in [3.05, 3.63) is 0 Å². The van der Waals surface area contributed by atoms with Crippen molar-refractivity contribution < 1.29 is 9.59 Å². The highest BCUT2D eigenvalue weighted by molar-refractivity contribution is 6.06. The van der Waals surface area contributed by atoms with Gasteiger partial charge in [0.15, 0.2) is 0 Å². The summed E-state index contributed by atoms with van der Waals surface area (Å²) >= 11 is 0. The number of nitrogens with zero attached hydrogens (tertiary/aromatic N) is 2. The molecule has 1 heterocycles. The van der Waals surface area contributed by atoms with Crippen molar-refractivity contribution in [3.63, 3.8) is 0 Å². The van der Waals surface area contributed by atoms with Crippen molar-refractivity contribution in [3.8, 4) is 0 Å². The average Bonchev–Trinajstić information content (AvgIpc) is 3.12. The van der Waals surface area contributed by atoms with Gasteiger partial charge in [-0.15, -0.1) is 0 Å². The lowest BCUT2D eigenvalue weighted by molar-refractivity contribution is -0.130. The summed E-state index contributed by atoms with van der Waals surface area (Å²) in [6, 6.07) is 0.354. The highest BCUT2D eigenvalue weighted by Crippen LogP contribution is 2.34. The third kappa shape index (κ3) is 3.08. The predicted octanol–water partition coefficient (Wildman–Crippen LogP) is 1.44. The molecule has 19 heavy (non-hydrogen) atoms. The van der Waals surface area contributed by atoms with Crippen LogP contribution in [0.2, 0.25) is 0 Å². The van der Waals surface area contributed by atoms with E-state index >= 15 is 0 Å². The number of carbonyl (C=O) groups is 2. The zero-order chi connectivity index (χ0) is 14.2. The summed E-state index contributed by atoms with van der Waals surface area (Å²) in [6.45, 7) is 7.18. The van der Waals surface area contributed by atoms with Crippen molar-refractivity contribution in [1.82, 2.24) is 15.1 Å². The minimum atomic E-state index is -0.746. The van der Waals surface area contributed by atoms with Gasteiger partial charge < -0.3 is 10.2 Å². The van der Waals surface area contributed by atoms with Crippen LogP contribution in [0.4, 0.5) is 4.79 Å².